The number of methoxy groups -OCH3 is 1. The molecule has 5 heteroatoms. The fourth-order valence-electron chi connectivity index (χ4n) is 0.406. The number of ether oxygens (including phenoxy) is 1. The quantitative estimate of drug-likeness (QED) is 0.511. The average Bonchev–Trinajstić information content (AvgIpc) is 1.81. The van der Waals surface area contributed by atoms with Crippen molar-refractivity contribution in [2.45, 2.75) is 13.2 Å². The molecule has 0 bridgehead atoms. The molecular weight excluding hydrogens is 138 g/mol. The highest BCUT2D eigenvalue weighted by molar-refractivity contribution is 5.80. The predicted octanol–water partition coefficient (Wildman–Crippen LogP) is -0.820. The Labute approximate surface area is 58.0 Å². The number of hydrogen-bond acceptors (Lipinski definition) is 3. The number of rotatable bonds is 3. The van der Waals surface area contributed by atoms with Crippen LogP contribution in [0.25, 0.3) is 0 Å². The Hall–Kier alpha value is -1.10. The highest BCUT2D eigenvalue weighted by Gasteiger charge is 2.15. The highest BCUT2D eigenvalue weighted by atomic mass is 16.5. The van der Waals surface area contributed by atoms with Crippen molar-refractivity contribution in [3.8, 4) is 0 Å². The Bertz CT molecular complexity index is 145. The number of carboxylic acids is 1. The molecule has 0 radical (unpaired) electrons. The lowest BCUT2D eigenvalue weighted by molar-refractivity contribution is -0.153. The monoisotopic (exact) mass is 147 g/mol. The lowest BCUT2D eigenvalue weighted by Crippen LogP contribution is -2.40. The first kappa shape index (κ1) is 8.90. The maximum Gasteiger partial charge on any atom is 0.354 e. The van der Waals surface area contributed by atoms with Crippen LogP contribution in [0.1, 0.15) is 6.92 Å². The molecule has 0 fully saturated rings. The summed E-state index contributed by atoms with van der Waals surface area (Å²) < 4.78 is 4.39. The van der Waals surface area contributed by atoms with E-state index in [1.54, 1.807) is 0 Å². The van der Waals surface area contributed by atoms with E-state index in [4.69, 9.17) is 5.11 Å². The van der Waals surface area contributed by atoms with E-state index >= 15 is 0 Å². The molecule has 10 heavy (non-hydrogen) atoms. The van der Waals surface area contributed by atoms with Crippen LogP contribution in [-0.4, -0.2) is 30.3 Å². The van der Waals surface area contributed by atoms with Gasteiger partial charge in [0.05, 0.1) is 0 Å². The van der Waals surface area contributed by atoms with Crippen LogP contribution in [0, 0.1) is 0 Å². The van der Waals surface area contributed by atoms with E-state index in [1.807, 2.05) is 0 Å². The summed E-state index contributed by atoms with van der Waals surface area (Å²) in [4.78, 5) is 20.4. The fourth-order valence-corrected chi connectivity index (χ4v) is 0.406. The molecule has 1 unspecified atom stereocenters. The van der Waals surface area contributed by atoms with Gasteiger partial charge in [0.2, 0.25) is 12.1 Å². The summed E-state index contributed by atoms with van der Waals surface area (Å²) in [6.07, 6.45) is -1.24. The summed E-state index contributed by atoms with van der Waals surface area (Å²) in [5.41, 5.74) is 0. The van der Waals surface area contributed by atoms with Crippen molar-refractivity contribution in [1.82, 2.24) is 5.32 Å². The molecule has 2 N–H and O–H groups in total. The number of nitrogens with one attached hydrogen (secondary N) is 1. The molecule has 1 atom stereocenters. The number of aliphatic carboxylic acids is 1. The smallest absolute Gasteiger partial charge is 0.354 e. The molecule has 0 saturated heterocycles. The van der Waals surface area contributed by atoms with E-state index < -0.39 is 18.1 Å². The number of carbonyl (C=O) groups excluding carboxylic acids is 1. The molecule has 0 saturated carbocycles. The van der Waals surface area contributed by atoms with Crippen LogP contribution < -0.4 is 5.32 Å². The van der Waals surface area contributed by atoms with Gasteiger partial charge in [-0.1, -0.05) is 0 Å². The maximum atomic E-state index is 10.3. The van der Waals surface area contributed by atoms with Gasteiger partial charge in [-0.25, -0.2) is 4.79 Å². The summed E-state index contributed by atoms with van der Waals surface area (Å²) in [5, 5.41) is 10.4. The zero-order chi connectivity index (χ0) is 8.15. The molecule has 0 aliphatic rings. The molecule has 5 nitrogen and oxygen atoms in total. The summed E-state index contributed by atoms with van der Waals surface area (Å²) in [6.45, 7) is 1.22. The zero-order valence-electron chi connectivity index (χ0n) is 5.75. The van der Waals surface area contributed by atoms with Gasteiger partial charge < -0.3 is 15.2 Å². The molecule has 0 heterocycles. The van der Waals surface area contributed by atoms with Crippen molar-refractivity contribution >= 4 is 11.9 Å². The minimum Gasteiger partial charge on any atom is -0.478 e. The zero-order valence-corrected chi connectivity index (χ0v) is 5.75. The third-order valence-electron chi connectivity index (χ3n) is 0.794. The van der Waals surface area contributed by atoms with E-state index in [1.165, 1.54) is 14.0 Å². The van der Waals surface area contributed by atoms with Gasteiger partial charge in [0, 0.05) is 14.0 Å². The van der Waals surface area contributed by atoms with Gasteiger partial charge in [0.15, 0.2) is 0 Å². The topological polar surface area (TPSA) is 75.6 Å². The molecular formula is C5H9NO4. The maximum absolute atomic E-state index is 10.3. The van der Waals surface area contributed by atoms with Crippen LogP contribution in [0.3, 0.4) is 0 Å². The van der Waals surface area contributed by atoms with Crippen LogP contribution in [0.5, 0.6) is 0 Å². The van der Waals surface area contributed by atoms with Gasteiger partial charge in [0.1, 0.15) is 0 Å². The van der Waals surface area contributed by atoms with Crippen molar-refractivity contribution in [2.75, 3.05) is 7.11 Å². The first-order valence-corrected chi connectivity index (χ1v) is 2.60. The Morgan fingerprint density at radius 3 is 2.20 bits per heavy atom. The van der Waals surface area contributed by atoms with E-state index in [-0.39, 0.29) is 0 Å². The molecule has 0 rings (SSSR count). The molecule has 58 valence electrons. The van der Waals surface area contributed by atoms with E-state index in [0.29, 0.717) is 0 Å². The third kappa shape index (κ3) is 3.03. The summed E-state index contributed by atoms with van der Waals surface area (Å²) in [6, 6.07) is 0. The van der Waals surface area contributed by atoms with Gasteiger partial charge >= 0.3 is 5.97 Å². The normalized spacial score (nSPS) is 12.2. The van der Waals surface area contributed by atoms with Crippen molar-refractivity contribution in [3.63, 3.8) is 0 Å². The van der Waals surface area contributed by atoms with Crippen LogP contribution in [0.15, 0.2) is 0 Å². The summed E-state index contributed by atoms with van der Waals surface area (Å²) in [5.74, 6) is -1.65. The van der Waals surface area contributed by atoms with Crippen LogP contribution in [0.4, 0.5) is 0 Å². The van der Waals surface area contributed by atoms with Gasteiger partial charge in [-0.2, -0.15) is 0 Å². The van der Waals surface area contributed by atoms with Crippen LogP contribution >= 0.6 is 0 Å². The van der Waals surface area contributed by atoms with Crippen molar-refractivity contribution < 1.29 is 19.4 Å². The largest absolute Gasteiger partial charge is 0.478 e. The van der Waals surface area contributed by atoms with E-state index in [9.17, 15) is 9.59 Å². The number of carbonyl (C=O) groups is 2. The Balaban J connectivity index is 3.83. The Morgan fingerprint density at radius 2 is 2.10 bits per heavy atom. The van der Waals surface area contributed by atoms with E-state index in [2.05, 4.69) is 10.1 Å². The molecule has 0 aromatic heterocycles. The Kier molecular flexibility index (Phi) is 3.42. The first-order chi connectivity index (χ1) is 4.57. The standard InChI is InChI=1S/C5H9NO4/c1-3(7)6-4(10-2)5(8)9/h4H,1-2H3,(H,6,7)(H,8,9). The second kappa shape index (κ2) is 3.84. The van der Waals surface area contributed by atoms with E-state index in [0.717, 1.165) is 0 Å². The van der Waals surface area contributed by atoms with Gasteiger partial charge in [-0.15, -0.1) is 0 Å². The van der Waals surface area contributed by atoms with Crippen LogP contribution in [-0.2, 0) is 14.3 Å². The van der Waals surface area contributed by atoms with Gasteiger partial charge in [0.25, 0.3) is 0 Å². The van der Waals surface area contributed by atoms with Crippen molar-refractivity contribution in [3.05, 3.63) is 0 Å². The summed E-state index contributed by atoms with van der Waals surface area (Å²) >= 11 is 0. The third-order valence-corrected chi connectivity index (χ3v) is 0.794. The van der Waals surface area contributed by atoms with Crippen molar-refractivity contribution in [2.24, 2.45) is 0 Å². The van der Waals surface area contributed by atoms with Gasteiger partial charge in [-0.3, -0.25) is 4.79 Å². The molecule has 0 aliphatic heterocycles. The molecule has 0 spiro atoms. The number of amides is 1. The highest BCUT2D eigenvalue weighted by Crippen LogP contribution is 1.82. The molecule has 0 aliphatic carbocycles. The molecule has 0 aromatic carbocycles. The summed E-state index contributed by atoms with van der Waals surface area (Å²) in [7, 11) is 1.20. The SMILES string of the molecule is COC(NC(C)=O)C(=O)O. The molecule has 1 amide bonds. The fraction of sp³-hybridized carbons (Fsp3) is 0.600. The predicted molar refractivity (Wildman–Crippen MR) is 32.2 cm³/mol. The minimum absolute atomic E-state index is 0.436. The number of hydrogen-bond donors (Lipinski definition) is 2. The first-order valence-electron chi connectivity index (χ1n) is 2.60. The lowest BCUT2D eigenvalue weighted by Gasteiger charge is -2.09. The minimum atomic E-state index is -1.24. The lowest BCUT2D eigenvalue weighted by atomic mass is 10.5. The second-order valence-corrected chi connectivity index (χ2v) is 1.65. The van der Waals surface area contributed by atoms with Crippen LogP contribution in [0.2, 0.25) is 0 Å². The average molecular weight is 147 g/mol. The second-order valence-electron chi connectivity index (χ2n) is 1.65. The number of carboxylic acid groups (broad SMARTS) is 1. The molecule has 0 aromatic rings. The van der Waals surface area contributed by atoms with Crippen molar-refractivity contribution in [1.29, 1.82) is 0 Å². The Morgan fingerprint density at radius 1 is 1.60 bits per heavy atom. The van der Waals surface area contributed by atoms with Gasteiger partial charge in [-0.05, 0) is 0 Å².